The van der Waals surface area contributed by atoms with Crippen molar-refractivity contribution in [3.63, 3.8) is 0 Å². The van der Waals surface area contributed by atoms with Crippen LogP contribution in [0.4, 0.5) is 11.4 Å². The Labute approximate surface area is 183 Å². The summed E-state index contributed by atoms with van der Waals surface area (Å²) in [4.78, 5) is 41.6. The van der Waals surface area contributed by atoms with Gasteiger partial charge in [0.2, 0.25) is 5.91 Å². The molecular weight excluding hydrogens is 412 g/mol. The second-order valence-electron chi connectivity index (χ2n) is 7.57. The number of nitrogens with two attached hydrogens (primary N) is 1. The zero-order valence-corrected chi connectivity index (χ0v) is 17.2. The lowest BCUT2D eigenvalue weighted by atomic mass is 10.1. The number of imidazole rings is 1. The van der Waals surface area contributed by atoms with Gasteiger partial charge in [0.1, 0.15) is 5.69 Å². The van der Waals surface area contributed by atoms with Crippen molar-refractivity contribution < 1.29 is 14.5 Å². The molecule has 1 atom stereocenters. The van der Waals surface area contributed by atoms with Gasteiger partial charge in [0.05, 0.1) is 17.3 Å². The lowest BCUT2D eigenvalue weighted by Crippen LogP contribution is -2.39. The van der Waals surface area contributed by atoms with Gasteiger partial charge < -0.3 is 15.6 Å². The number of rotatable bonds is 7. The zero-order valence-electron chi connectivity index (χ0n) is 17.2. The number of para-hydroxylation sites is 1. The third-order valence-corrected chi connectivity index (χ3v) is 5.55. The van der Waals surface area contributed by atoms with Crippen LogP contribution in [0.5, 0.6) is 0 Å². The third-order valence-electron chi connectivity index (χ3n) is 5.55. The number of nitrogens with zero attached hydrogens (tertiary/aromatic N) is 4. The molecule has 10 nitrogen and oxygen atoms in total. The van der Waals surface area contributed by atoms with Crippen molar-refractivity contribution in [1.82, 2.24) is 14.5 Å². The molecule has 1 fully saturated rings. The second kappa shape index (κ2) is 8.98. The van der Waals surface area contributed by atoms with E-state index in [1.165, 1.54) is 35.3 Å². The number of nitro groups is 1. The van der Waals surface area contributed by atoms with Gasteiger partial charge in [-0.2, -0.15) is 0 Å². The number of nitro benzene ring substituents is 1. The summed E-state index contributed by atoms with van der Waals surface area (Å²) >= 11 is 0. The smallest absolute Gasteiger partial charge is 0.294 e. The Kier molecular flexibility index (Phi) is 5.95. The van der Waals surface area contributed by atoms with Gasteiger partial charge >= 0.3 is 0 Å². The van der Waals surface area contributed by atoms with Gasteiger partial charge in [-0.15, -0.1) is 0 Å². The zero-order chi connectivity index (χ0) is 22.7. The molecule has 1 aliphatic heterocycles. The molecule has 10 heteroatoms. The van der Waals surface area contributed by atoms with E-state index >= 15 is 0 Å². The molecule has 0 bridgehead atoms. The van der Waals surface area contributed by atoms with Crippen molar-refractivity contribution in [2.75, 3.05) is 11.9 Å². The number of amides is 2. The molecule has 0 unspecified atom stereocenters. The molecule has 164 valence electrons. The number of hydrogen-bond donors (Lipinski definition) is 2. The highest BCUT2D eigenvalue weighted by atomic mass is 16.6. The van der Waals surface area contributed by atoms with E-state index in [1.54, 1.807) is 18.3 Å². The Bertz CT molecular complexity index is 1160. The molecule has 1 aromatic heterocycles. The van der Waals surface area contributed by atoms with Crippen LogP contribution in [0.3, 0.4) is 0 Å². The maximum atomic E-state index is 12.9. The Morgan fingerprint density at radius 1 is 1.25 bits per heavy atom. The lowest BCUT2D eigenvalue weighted by molar-refractivity contribution is -0.384. The van der Waals surface area contributed by atoms with Crippen LogP contribution in [0.1, 0.15) is 28.8 Å². The first-order valence-corrected chi connectivity index (χ1v) is 10.1. The Hall–Kier alpha value is -4.05. The van der Waals surface area contributed by atoms with Crippen LogP contribution >= 0.6 is 0 Å². The molecule has 0 spiro atoms. The molecular formula is C22H22N6O4. The largest absolute Gasteiger partial charge is 0.368 e. The first kappa shape index (κ1) is 21.2. The van der Waals surface area contributed by atoms with Gasteiger partial charge in [-0.25, -0.2) is 4.98 Å². The summed E-state index contributed by atoms with van der Waals surface area (Å²) in [5, 5.41) is 14.4. The Morgan fingerprint density at radius 3 is 2.78 bits per heavy atom. The number of likely N-dealkylation sites (tertiary alicyclic amines) is 1. The molecule has 2 heterocycles. The van der Waals surface area contributed by atoms with E-state index in [2.05, 4.69) is 10.3 Å². The number of aromatic nitrogens is 2. The fraction of sp³-hybridized carbons (Fsp3) is 0.227. The number of hydrogen-bond acceptors (Lipinski definition) is 6. The summed E-state index contributed by atoms with van der Waals surface area (Å²) in [6.45, 7) is 1.21. The summed E-state index contributed by atoms with van der Waals surface area (Å²) in [6.07, 6.45) is 6.17. The molecule has 3 N–H and O–H groups in total. The van der Waals surface area contributed by atoms with Gasteiger partial charge in [-0.1, -0.05) is 18.2 Å². The molecule has 32 heavy (non-hydrogen) atoms. The molecule has 1 saturated heterocycles. The van der Waals surface area contributed by atoms with Crippen molar-refractivity contribution in [3.05, 3.63) is 82.4 Å². The van der Waals surface area contributed by atoms with E-state index in [1.807, 2.05) is 17.0 Å². The van der Waals surface area contributed by atoms with Crippen LogP contribution in [0, 0.1) is 10.1 Å². The van der Waals surface area contributed by atoms with Crippen molar-refractivity contribution in [3.8, 4) is 5.69 Å². The molecule has 0 saturated carbocycles. The van der Waals surface area contributed by atoms with Gasteiger partial charge in [0.15, 0.2) is 0 Å². The van der Waals surface area contributed by atoms with E-state index in [9.17, 15) is 19.7 Å². The lowest BCUT2D eigenvalue weighted by Gasteiger charge is -2.23. The van der Waals surface area contributed by atoms with Gasteiger partial charge in [0.25, 0.3) is 11.6 Å². The summed E-state index contributed by atoms with van der Waals surface area (Å²) in [5.74, 6) is -0.820. The minimum absolute atomic E-state index is 0.159. The highest BCUT2D eigenvalue weighted by molar-refractivity contribution is 6.05. The number of carbonyl (C=O) groups is 2. The normalized spacial score (nSPS) is 16.1. The van der Waals surface area contributed by atoms with Crippen molar-refractivity contribution in [2.24, 2.45) is 5.73 Å². The minimum atomic E-state index is -0.530. The predicted molar refractivity (Wildman–Crippen MR) is 117 cm³/mol. The number of nitrogens with one attached hydrogen (secondary N) is 1. The quantitative estimate of drug-likeness (QED) is 0.433. The maximum Gasteiger partial charge on any atom is 0.294 e. The first-order chi connectivity index (χ1) is 15.4. The average molecular weight is 434 g/mol. The summed E-state index contributed by atoms with van der Waals surface area (Å²) in [7, 11) is 0. The van der Waals surface area contributed by atoms with Gasteiger partial charge in [-0.05, 0) is 43.1 Å². The van der Waals surface area contributed by atoms with E-state index in [4.69, 9.17) is 5.73 Å². The molecule has 4 rings (SSSR count). The van der Waals surface area contributed by atoms with Crippen LogP contribution in [-0.4, -0.2) is 43.8 Å². The van der Waals surface area contributed by atoms with Crippen molar-refractivity contribution >= 4 is 23.2 Å². The molecule has 2 amide bonds. The Balaban J connectivity index is 1.57. The van der Waals surface area contributed by atoms with Crippen molar-refractivity contribution in [2.45, 2.75) is 25.4 Å². The summed E-state index contributed by atoms with van der Waals surface area (Å²) in [6, 6.07) is 11.2. The van der Waals surface area contributed by atoms with E-state index in [0.29, 0.717) is 17.9 Å². The highest BCUT2D eigenvalue weighted by Gasteiger charge is 2.29. The van der Waals surface area contributed by atoms with E-state index in [-0.39, 0.29) is 23.2 Å². The van der Waals surface area contributed by atoms with E-state index < -0.39 is 10.8 Å². The van der Waals surface area contributed by atoms with E-state index in [0.717, 1.165) is 24.9 Å². The second-order valence-corrected chi connectivity index (χ2v) is 7.57. The number of anilines is 1. The Morgan fingerprint density at radius 2 is 2.06 bits per heavy atom. The first-order valence-electron chi connectivity index (χ1n) is 10.1. The number of primary amides is 1. The van der Waals surface area contributed by atoms with Gasteiger partial charge in [0, 0.05) is 36.3 Å². The van der Waals surface area contributed by atoms with Gasteiger partial charge in [-0.3, -0.25) is 24.6 Å². The molecule has 2 aromatic carbocycles. The molecule has 0 radical (unpaired) electrons. The minimum Gasteiger partial charge on any atom is -0.368 e. The highest BCUT2D eigenvalue weighted by Crippen LogP contribution is 2.27. The standard InChI is InChI=1S/C22H22N6O4/c23-21(29)19-6-3-10-26(19)13-16-4-1-2-5-17(16)25-22(30)15-7-8-18(20(12-15)28(31)32)27-11-9-24-14-27/h1-2,4-5,7-9,11-12,14,19H,3,6,10,13H2,(H2,23,29)(H,25,30)/t19-/m0/s1. The number of benzene rings is 2. The van der Waals surface area contributed by atoms with Crippen molar-refractivity contribution in [1.29, 1.82) is 0 Å². The summed E-state index contributed by atoms with van der Waals surface area (Å²) in [5.41, 5.74) is 7.19. The van der Waals surface area contributed by atoms with Crippen LogP contribution < -0.4 is 11.1 Å². The average Bonchev–Trinajstić information content (AvgIpc) is 3.47. The SMILES string of the molecule is NC(=O)[C@@H]1CCCN1Cc1ccccc1NC(=O)c1ccc(-n2ccnc2)c([N+](=O)[O-])c1. The van der Waals surface area contributed by atoms with Crippen LogP contribution in [0.15, 0.2) is 61.2 Å². The predicted octanol–water partition coefficient (Wildman–Crippen LogP) is 2.48. The molecule has 0 aliphatic carbocycles. The molecule has 3 aromatic rings. The van der Waals surface area contributed by atoms with Crippen LogP contribution in [-0.2, 0) is 11.3 Å². The third kappa shape index (κ3) is 4.35. The maximum absolute atomic E-state index is 12.9. The fourth-order valence-corrected chi connectivity index (χ4v) is 3.96. The topological polar surface area (TPSA) is 136 Å². The monoisotopic (exact) mass is 434 g/mol. The molecule has 1 aliphatic rings. The fourth-order valence-electron chi connectivity index (χ4n) is 3.96. The van der Waals surface area contributed by atoms with Crippen LogP contribution in [0.2, 0.25) is 0 Å². The number of carbonyl (C=O) groups excluding carboxylic acids is 2. The summed E-state index contributed by atoms with van der Waals surface area (Å²) < 4.78 is 1.51. The van der Waals surface area contributed by atoms with Crippen LogP contribution in [0.25, 0.3) is 5.69 Å².